The summed E-state index contributed by atoms with van der Waals surface area (Å²) in [4.78, 5) is 7.05. The summed E-state index contributed by atoms with van der Waals surface area (Å²) in [5, 5.41) is 4.70. The number of nitrogens with one attached hydrogen (secondary N) is 1. The van der Waals surface area contributed by atoms with Crippen molar-refractivity contribution in [3.8, 4) is 0 Å². The fourth-order valence-electron chi connectivity index (χ4n) is 2.28. The van der Waals surface area contributed by atoms with Crippen LogP contribution < -0.4 is 5.32 Å². The van der Waals surface area contributed by atoms with E-state index in [-0.39, 0.29) is 0 Å². The minimum absolute atomic E-state index is 0.955. The third-order valence-electron chi connectivity index (χ3n) is 3.50. The van der Waals surface area contributed by atoms with Crippen LogP contribution in [0.2, 0.25) is 0 Å². The number of hydrogen-bond donors (Lipinski definition) is 1. The number of fused-ring (bicyclic) bond motifs is 1. The molecule has 0 fully saturated rings. The highest BCUT2D eigenvalue weighted by Gasteiger charge is 2.03. The van der Waals surface area contributed by atoms with Gasteiger partial charge in [-0.15, -0.1) is 0 Å². The molecule has 0 radical (unpaired) electrons. The summed E-state index contributed by atoms with van der Waals surface area (Å²) in [5.74, 6) is 0. The fourth-order valence-corrected chi connectivity index (χ4v) is 2.28. The lowest BCUT2D eigenvalue weighted by Gasteiger charge is -2.18. The van der Waals surface area contributed by atoms with Gasteiger partial charge in [-0.05, 0) is 32.1 Å². The van der Waals surface area contributed by atoms with Crippen LogP contribution in [-0.2, 0) is 0 Å². The molecule has 0 aliphatic rings. The first kappa shape index (κ1) is 13.8. The Balaban J connectivity index is 2.10. The summed E-state index contributed by atoms with van der Waals surface area (Å²) in [6.07, 6.45) is 0. The zero-order valence-electron chi connectivity index (χ0n) is 12.1. The van der Waals surface area contributed by atoms with Crippen molar-refractivity contribution in [3.63, 3.8) is 0 Å². The van der Waals surface area contributed by atoms with Crippen molar-refractivity contribution in [2.75, 3.05) is 31.5 Å². The molecular weight excluding hydrogens is 234 g/mol. The smallest absolute Gasteiger partial charge is 0.0936 e. The molecule has 1 aromatic heterocycles. The van der Waals surface area contributed by atoms with Gasteiger partial charge in [0.05, 0.1) is 11.2 Å². The van der Waals surface area contributed by atoms with Gasteiger partial charge in [0.1, 0.15) is 0 Å². The van der Waals surface area contributed by atoms with Gasteiger partial charge >= 0.3 is 0 Å². The normalized spacial score (nSPS) is 11.2. The lowest BCUT2D eigenvalue weighted by molar-refractivity contribution is 0.316. The number of rotatable bonds is 6. The average Bonchev–Trinajstić information content (AvgIpc) is 2.44. The number of aromatic nitrogens is 1. The fraction of sp³-hybridized carbons (Fsp3) is 0.438. The number of benzene rings is 1. The molecule has 2 aromatic rings. The molecule has 1 heterocycles. The molecule has 2 rings (SSSR count). The Morgan fingerprint density at radius 3 is 2.63 bits per heavy atom. The lowest BCUT2D eigenvalue weighted by Crippen LogP contribution is -2.28. The molecule has 0 saturated heterocycles. The second-order valence-corrected chi connectivity index (χ2v) is 4.78. The standard InChI is InChI=1S/C16H23N3/c1-4-19(5-2)12-11-17-15-8-6-7-14-10-9-13(3)18-16(14)15/h6-10,17H,4-5,11-12H2,1-3H3. The van der Waals surface area contributed by atoms with Crippen LogP contribution in [0.5, 0.6) is 0 Å². The second-order valence-electron chi connectivity index (χ2n) is 4.78. The van der Waals surface area contributed by atoms with Crippen molar-refractivity contribution < 1.29 is 0 Å². The van der Waals surface area contributed by atoms with Crippen LogP contribution in [0.1, 0.15) is 19.5 Å². The highest BCUT2D eigenvalue weighted by Crippen LogP contribution is 2.21. The molecule has 3 heteroatoms. The van der Waals surface area contributed by atoms with Crippen LogP contribution >= 0.6 is 0 Å². The molecule has 1 N–H and O–H groups in total. The monoisotopic (exact) mass is 257 g/mol. The molecular formula is C16H23N3. The van der Waals surface area contributed by atoms with Gasteiger partial charge in [-0.25, -0.2) is 0 Å². The number of pyridine rings is 1. The quantitative estimate of drug-likeness (QED) is 0.860. The molecule has 0 spiro atoms. The van der Waals surface area contributed by atoms with Crippen LogP contribution in [0.25, 0.3) is 10.9 Å². The summed E-state index contributed by atoms with van der Waals surface area (Å²) in [6, 6.07) is 10.5. The van der Waals surface area contributed by atoms with E-state index in [0.29, 0.717) is 0 Å². The Bertz CT molecular complexity index is 533. The van der Waals surface area contributed by atoms with Crippen molar-refractivity contribution in [1.29, 1.82) is 0 Å². The molecule has 3 nitrogen and oxygen atoms in total. The Morgan fingerprint density at radius 2 is 1.89 bits per heavy atom. The van der Waals surface area contributed by atoms with Gasteiger partial charge in [0.2, 0.25) is 0 Å². The third-order valence-corrected chi connectivity index (χ3v) is 3.50. The molecule has 1 aromatic carbocycles. The topological polar surface area (TPSA) is 28.2 Å². The van der Waals surface area contributed by atoms with Crippen LogP contribution in [0.4, 0.5) is 5.69 Å². The molecule has 0 aliphatic carbocycles. The number of anilines is 1. The van der Waals surface area contributed by atoms with Gasteiger partial charge in [-0.2, -0.15) is 0 Å². The van der Waals surface area contributed by atoms with E-state index in [9.17, 15) is 0 Å². The number of nitrogens with zero attached hydrogens (tertiary/aromatic N) is 2. The largest absolute Gasteiger partial charge is 0.382 e. The van der Waals surface area contributed by atoms with Crippen LogP contribution in [-0.4, -0.2) is 36.1 Å². The van der Waals surface area contributed by atoms with E-state index in [0.717, 1.165) is 43.1 Å². The second kappa shape index (κ2) is 6.53. The highest BCUT2D eigenvalue weighted by atomic mass is 15.1. The van der Waals surface area contributed by atoms with Crippen molar-refractivity contribution >= 4 is 16.6 Å². The molecule has 0 amide bonds. The van der Waals surface area contributed by atoms with Crippen molar-refractivity contribution in [3.05, 3.63) is 36.0 Å². The predicted octanol–water partition coefficient (Wildman–Crippen LogP) is 3.30. The van der Waals surface area contributed by atoms with Gasteiger partial charge < -0.3 is 10.2 Å². The van der Waals surface area contributed by atoms with Crippen molar-refractivity contribution in [2.24, 2.45) is 0 Å². The van der Waals surface area contributed by atoms with Gasteiger partial charge in [-0.3, -0.25) is 4.98 Å². The van der Waals surface area contributed by atoms with Crippen LogP contribution in [0, 0.1) is 6.92 Å². The lowest BCUT2D eigenvalue weighted by atomic mass is 10.1. The van der Waals surface area contributed by atoms with E-state index in [4.69, 9.17) is 0 Å². The van der Waals surface area contributed by atoms with Crippen LogP contribution in [0.15, 0.2) is 30.3 Å². The number of hydrogen-bond acceptors (Lipinski definition) is 3. The zero-order chi connectivity index (χ0) is 13.7. The van der Waals surface area contributed by atoms with Gasteiger partial charge in [0.25, 0.3) is 0 Å². The van der Waals surface area contributed by atoms with Gasteiger partial charge in [0, 0.05) is 24.2 Å². The first-order valence-electron chi connectivity index (χ1n) is 7.07. The number of aryl methyl sites for hydroxylation is 1. The summed E-state index contributed by atoms with van der Waals surface area (Å²) >= 11 is 0. The SMILES string of the molecule is CCN(CC)CCNc1cccc2ccc(C)nc12. The molecule has 0 bridgehead atoms. The van der Waals surface area contributed by atoms with Gasteiger partial charge in [-0.1, -0.05) is 32.0 Å². The Kier molecular flexibility index (Phi) is 4.74. The van der Waals surface area contributed by atoms with Gasteiger partial charge in [0.15, 0.2) is 0 Å². The minimum Gasteiger partial charge on any atom is -0.382 e. The maximum absolute atomic E-state index is 4.64. The molecule has 0 aliphatic heterocycles. The molecule has 102 valence electrons. The summed E-state index contributed by atoms with van der Waals surface area (Å²) in [5.41, 5.74) is 3.26. The molecule has 0 unspecified atom stereocenters. The Labute approximate surface area is 115 Å². The van der Waals surface area contributed by atoms with E-state index in [2.05, 4.69) is 59.4 Å². The first-order chi connectivity index (χ1) is 9.24. The maximum atomic E-state index is 4.64. The Morgan fingerprint density at radius 1 is 1.11 bits per heavy atom. The van der Waals surface area contributed by atoms with Crippen molar-refractivity contribution in [1.82, 2.24) is 9.88 Å². The summed E-state index contributed by atoms with van der Waals surface area (Å²) in [7, 11) is 0. The average molecular weight is 257 g/mol. The van der Waals surface area contributed by atoms with Crippen LogP contribution in [0.3, 0.4) is 0 Å². The molecule has 19 heavy (non-hydrogen) atoms. The van der Waals surface area contributed by atoms with E-state index in [1.165, 1.54) is 5.39 Å². The zero-order valence-corrected chi connectivity index (χ0v) is 12.1. The highest BCUT2D eigenvalue weighted by molar-refractivity contribution is 5.90. The number of para-hydroxylation sites is 1. The van der Waals surface area contributed by atoms with E-state index >= 15 is 0 Å². The summed E-state index contributed by atoms with van der Waals surface area (Å²) < 4.78 is 0. The first-order valence-corrected chi connectivity index (χ1v) is 7.07. The molecule has 0 saturated carbocycles. The van der Waals surface area contributed by atoms with E-state index in [1.54, 1.807) is 0 Å². The maximum Gasteiger partial charge on any atom is 0.0936 e. The number of likely N-dealkylation sites (N-methyl/N-ethyl adjacent to an activating group) is 1. The Hall–Kier alpha value is -1.61. The molecule has 0 atom stereocenters. The summed E-state index contributed by atoms with van der Waals surface area (Å²) in [6.45, 7) is 10.7. The predicted molar refractivity (Wildman–Crippen MR) is 82.8 cm³/mol. The third kappa shape index (κ3) is 3.44. The van der Waals surface area contributed by atoms with E-state index < -0.39 is 0 Å². The van der Waals surface area contributed by atoms with Crippen molar-refractivity contribution in [2.45, 2.75) is 20.8 Å². The van der Waals surface area contributed by atoms with E-state index in [1.807, 2.05) is 6.92 Å². The minimum atomic E-state index is 0.955.